The van der Waals surface area contributed by atoms with Crippen molar-refractivity contribution >= 4 is 0 Å². The van der Waals surface area contributed by atoms with Crippen molar-refractivity contribution in [1.82, 2.24) is 0 Å². The highest BCUT2D eigenvalue weighted by Gasteiger charge is 1.92. The van der Waals surface area contributed by atoms with Crippen LogP contribution in [0.3, 0.4) is 0 Å². The lowest BCUT2D eigenvalue weighted by molar-refractivity contribution is -0.242. The Hall–Kier alpha value is -0.160. The fraction of sp³-hybridized carbons (Fsp3) is 1.00. The number of hydrogen-bond donors (Lipinski definition) is 2. The van der Waals surface area contributed by atoms with Crippen molar-refractivity contribution in [2.24, 2.45) is 0 Å². The molecule has 4 heteroatoms. The van der Waals surface area contributed by atoms with E-state index < -0.39 is 0 Å². The Bertz CT molecular complexity index is 86.1. The molecule has 0 atom stereocenters. The number of unbranched alkanes of at least 4 members (excludes halogenated alkanes) is 7. The lowest BCUT2D eigenvalue weighted by Gasteiger charge is -2.00. The molecule has 0 fully saturated rings. The van der Waals surface area contributed by atoms with Crippen LogP contribution in [0.15, 0.2) is 0 Å². The van der Waals surface area contributed by atoms with Gasteiger partial charge in [0.2, 0.25) is 0 Å². The SMILES string of the molecule is OOCCCCCCCCCCOO. The molecule has 4 nitrogen and oxygen atoms in total. The third kappa shape index (κ3) is 11.8. The maximum Gasteiger partial charge on any atom is 0.0819 e. The average Bonchev–Trinajstić information content (AvgIpc) is 2.21. The van der Waals surface area contributed by atoms with Gasteiger partial charge in [-0.2, -0.15) is 0 Å². The Labute approximate surface area is 85.7 Å². The minimum Gasteiger partial charge on any atom is -0.252 e. The van der Waals surface area contributed by atoms with E-state index in [1.54, 1.807) is 0 Å². The van der Waals surface area contributed by atoms with Crippen LogP contribution in [-0.4, -0.2) is 23.7 Å². The van der Waals surface area contributed by atoms with E-state index in [0.717, 1.165) is 25.7 Å². The van der Waals surface area contributed by atoms with E-state index in [9.17, 15) is 0 Å². The molecule has 0 spiro atoms. The highest BCUT2D eigenvalue weighted by molar-refractivity contribution is 4.46. The highest BCUT2D eigenvalue weighted by atomic mass is 17.1. The van der Waals surface area contributed by atoms with E-state index >= 15 is 0 Å². The van der Waals surface area contributed by atoms with Gasteiger partial charge in [-0.1, -0.05) is 38.5 Å². The van der Waals surface area contributed by atoms with Crippen LogP contribution in [0, 0.1) is 0 Å². The molecule has 0 saturated carbocycles. The van der Waals surface area contributed by atoms with Crippen LogP contribution in [0.4, 0.5) is 0 Å². The topological polar surface area (TPSA) is 58.9 Å². The standard InChI is InChI=1S/C10H22O4/c11-13-9-7-5-3-1-2-4-6-8-10-14-12/h11-12H,1-10H2. The van der Waals surface area contributed by atoms with Gasteiger partial charge in [0.1, 0.15) is 0 Å². The summed E-state index contributed by atoms with van der Waals surface area (Å²) in [5.74, 6) is 0. The summed E-state index contributed by atoms with van der Waals surface area (Å²) in [6, 6.07) is 0. The van der Waals surface area contributed by atoms with Crippen LogP contribution in [0.25, 0.3) is 0 Å². The molecule has 0 rings (SSSR count). The molecule has 0 amide bonds. The first kappa shape index (κ1) is 13.8. The van der Waals surface area contributed by atoms with Crippen LogP contribution in [0.2, 0.25) is 0 Å². The molecular weight excluding hydrogens is 184 g/mol. The zero-order valence-corrected chi connectivity index (χ0v) is 8.78. The second-order valence-corrected chi connectivity index (χ2v) is 3.49. The molecule has 0 saturated heterocycles. The smallest absolute Gasteiger partial charge is 0.0819 e. The van der Waals surface area contributed by atoms with Gasteiger partial charge in [0.25, 0.3) is 0 Å². The summed E-state index contributed by atoms with van der Waals surface area (Å²) in [6.07, 6.45) is 9.03. The minimum absolute atomic E-state index is 0.452. The van der Waals surface area contributed by atoms with Crippen molar-refractivity contribution in [2.45, 2.75) is 51.4 Å². The average molecular weight is 206 g/mol. The van der Waals surface area contributed by atoms with E-state index in [2.05, 4.69) is 9.78 Å². The molecule has 0 radical (unpaired) electrons. The second kappa shape index (κ2) is 12.8. The molecule has 0 heterocycles. The summed E-state index contributed by atoms with van der Waals surface area (Å²) >= 11 is 0. The van der Waals surface area contributed by atoms with Gasteiger partial charge in [-0.3, -0.25) is 10.5 Å². The molecule has 0 aromatic carbocycles. The van der Waals surface area contributed by atoms with E-state index in [4.69, 9.17) is 10.5 Å². The monoisotopic (exact) mass is 206 g/mol. The van der Waals surface area contributed by atoms with Gasteiger partial charge < -0.3 is 0 Å². The van der Waals surface area contributed by atoms with Crippen molar-refractivity contribution in [2.75, 3.05) is 13.2 Å². The van der Waals surface area contributed by atoms with Gasteiger partial charge in [0.05, 0.1) is 13.2 Å². The molecule has 0 bridgehead atoms. The van der Waals surface area contributed by atoms with Gasteiger partial charge in [0.15, 0.2) is 0 Å². The van der Waals surface area contributed by atoms with E-state index in [1.165, 1.54) is 25.7 Å². The van der Waals surface area contributed by atoms with Crippen LogP contribution >= 0.6 is 0 Å². The third-order valence-corrected chi connectivity index (χ3v) is 2.22. The predicted octanol–water partition coefficient (Wildman–Crippen LogP) is 3.09. The molecule has 0 aliphatic heterocycles. The van der Waals surface area contributed by atoms with Crippen molar-refractivity contribution in [1.29, 1.82) is 0 Å². The van der Waals surface area contributed by atoms with Gasteiger partial charge >= 0.3 is 0 Å². The maximum atomic E-state index is 8.06. The molecule has 0 aliphatic carbocycles. The summed E-state index contributed by atoms with van der Waals surface area (Å²) in [4.78, 5) is 7.95. The lowest BCUT2D eigenvalue weighted by Crippen LogP contribution is -1.90. The molecule has 86 valence electrons. The van der Waals surface area contributed by atoms with Gasteiger partial charge in [-0.15, -0.1) is 0 Å². The zero-order valence-electron chi connectivity index (χ0n) is 8.78. The second-order valence-electron chi connectivity index (χ2n) is 3.49. The fourth-order valence-corrected chi connectivity index (χ4v) is 1.39. The zero-order chi connectivity index (χ0) is 10.5. The summed E-state index contributed by atoms with van der Waals surface area (Å²) in [7, 11) is 0. The molecule has 2 N–H and O–H groups in total. The van der Waals surface area contributed by atoms with Crippen molar-refractivity contribution < 1.29 is 20.3 Å². The minimum atomic E-state index is 0.452. The third-order valence-electron chi connectivity index (χ3n) is 2.22. The Morgan fingerprint density at radius 3 is 1.07 bits per heavy atom. The van der Waals surface area contributed by atoms with Crippen molar-refractivity contribution in [3.05, 3.63) is 0 Å². The van der Waals surface area contributed by atoms with E-state index in [0.29, 0.717) is 13.2 Å². The predicted molar refractivity (Wildman–Crippen MR) is 54.1 cm³/mol. The van der Waals surface area contributed by atoms with Crippen LogP contribution in [-0.2, 0) is 9.78 Å². The van der Waals surface area contributed by atoms with Crippen LogP contribution < -0.4 is 0 Å². The van der Waals surface area contributed by atoms with Gasteiger partial charge in [0, 0.05) is 0 Å². The Morgan fingerprint density at radius 2 is 0.786 bits per heavy atom. The van der Waals surface area contributed by atoms with Crippen LogP contribution in [0.1, 0.15) is 51.4 Å². The normalized spacial score (nSPS) is 10.7. The van der Waals surface area contributed by atoms with E-state index in [-0.39, 0.29) is 0 Å². The Morgan fingerprint density at radius 1 is 0.500 bits per heavy atom. The largest absolute Gasteiger partial charge is 0.252 e. The Kier molecular flexibility index (Phi) is 12.7. The van der Waals surface area contributed by atoms with Crippen molar-refractivity contribution in [3.63, 3.8) is 0 Å². The molecule has 14 heavy (non-hydrogen) atoms. The van der Waals surface area contributed by atoms with Crippen LogP contribution in [0.5, 0.6) is 0 Å². The van der Waals surface area contributed by atoms with E-state index in [1.807, 2.05) is 0 Å². The number of hydrogen-bond acceptors (Lipinski definition) is 4. The molecular formula is C10H22O4. The quantitative estimate of drug-likeness (QED) is 0.310. The van der Waals surface area contributed by atoms with Crippen molar-refractivity contribution in [3.8, 4) is 0 Å². The first-order valence-electron chi connectivity index (χ1n) is 5.44. The summed E-state index contributed by atoms with van der Waals surface area (Å²) in [5, 5.41) is 16.1. The summed E-state index contributed by atoms with van der Waals surface area (Å²) in [5.41, 5.74) is 0. The molecule has 0 unspecified atom stereocenters. The summed E-state index contributed by atoms with van der Waals surface area (Å²) < 4.78 is 0. The fourth-order valence-electron chi connectivity index (χ4n) is 1.39. The molecule has 0 aromatic rings. The van der Waals surface area contributed by atoms with Gasteiger partial charge in [-0.25, -0.2) is 9.78 Å². The number of rotatable bonds is 11. The Balaban J connectivity index is 2.78. The molecule has 0 aliphatic rings. The lowest BCUT2D eigenvalue weighted by atomic mass is 10.1. The van der Waals surface area contributed by atoms with Gasteiger partial charge in [-0.05, 0) is 12.8 Å². The highest BCUT2D eigenvalue weighted by Crippen LogP contribution is 2.08. The molecule has 0 aromatic heterocycles. The first-order chi connectivity index (χ1) is 6.91. The maximum absolute atomic E-state index is 8.06. The first-order valence-corrected chi connectivity index (χ1v) is 5.44. The summed E-state index contributed by atoms with van der Waals surface area (Å²) in [6.45, 7) is 0.904.